The van der Waals surface area contributed by atoms with Crippen molar-refractivity contribution in [1.29, 1.82) is 0 Å². The molecule has 122 valence electrons. The van der Waals surface area contributed by atoms with Crippen LogP contribution >= 0.6 is 0 Å². The second kappa shape index (κ2) is 6.10. The van der Waals surface area contributed by atoms with Crippen molar-refractivity contribution in [2.45, 2.75) is 33.3 Å². The number of carbonyl (C=O) groups is 1. The van der Waals surface area contributed by atoms with Crippen LogP contribution in [0, 0.1) is 18.6 Å². The number of rotatable bonds is 1. The molecule has 0 N–H and O–H groups in total. The molecular weight excluding hydrogens is 290 g/mol. The fourth-order valence-electron chi connectivity index (χ4n) is 2.34. The molecule has 0 unspecified atom stereocenters. The molecule has 1 saturated heterocycles. The number of halogens is 2. The number of nitrogens with zero attached hydrogens (tertiary/aromatic N) is 2. The molecule has 1 aliphatic heterocycles. The lowest BCUT2D eigenvalue weighted by Crippen LogP contribution is -2.50. The van der Waals surface area contributed by atoms with Crippen LogP contribution in [0.2, 0.25) is 0 Å². The number of ether oxygens (including phenoxy) is 1. The molecule has 0 radical (unpaired) electrons. The molecule has 2 rings (SSSR count). The van der Waals surface area contributed by atoms with E-state index in [4.69, 9.17) is 4.74 Å². The highest BCUT2D eigenvalue weighted by atomic mass is 19.1. The molecule has 4 nitrogen and oxygen atoms in total. The number of amides is 1. The van der Waals surface area contributed by atoms with Gasteiger partial charge in [0, 0.05) is 32.2 Å². The summed E-state index contributed by atoms with van der Waals surface area (Å²) in [5.41, 5.74) is 0.253. The smallest absolute Gasteiger partial charge is 0.410 e. The van der Waals surface area contributed by atoms with Crippen LogP contribution < -0.4 is 4.90 Å². The van der Waals surface area contributed by atoms with Crippen LogP contribution in [0.5, 0.6) is 0 Å². The number of aryl methyl sites for hydroxylation is 1. The lowest BCUT2D eigenvalue weighted by atomic mass is 10.1. The maximum absolute atomic E-state index is 13.9. The van der Waals surface area contributed by atoms with Crippen molar-refractivity contribution in [1.82, 2.24) is 4.90 Å². The van der Waals surface area contributed by atoms with Crippen LogP contribution in [0.15, 0.2) is 12.1 Å². The van der Waals surface area contributed by atoms with Crippen molar-refractivity contribution in [3.8, 4) is 0 Å². The summed E-state index contributed by atoms with van der Waals surface area (Å²) in [6.07, 6.45) is -0.358. The van der Waals surface area contributed by atoms with Crippen molar-refractivity contribution in [2.24, 2.45) is 0 Å². The largest absolute Gasteiger partial charge is 0.444 e. The Labute approximate surface area is 129 Å². The molecule has 6 heteroatoms. The Balaban J connectivity index is 2.01. The Hall–Kier alpha value is -1.85. The Morgan fingerprint density at radius 3 is 2.23 bits per heavy atom. The van der Waals surface area contributed by atoms with E-state index in [9.17, 15) is 13.6 Å². The second-order valence-electron chi connectivity index (χ2n) is 6.51. The maximum atomic E-state index is 13.9. The lowest BCUT2D eigenvalue weighted by molar-refractivity contribution is 0.0240. The minimum Gasteiger partial charge on any atom is -0.444 e. The van der Waals surface area contributed by atoms with Gasteiger partial charge in [-0.1, -0.05) is 0 Å². The standard InChI is InChI=1S/C16H22F2N2O2/c1-11-9-14(13(18)10-12(11)17)19-5-7-20(8-6-19)15(21)22-16(2,3)4/h9-10H,5-8H2,1-4H3. The Kier molecular flexibility index (Phi) is 4.58. The van der Waals surface area contributed by atoms with Crippen LogP contribution in [-0.4, -0.2) is 42.8 Å². The minimum absolute atomic E-state index is 0.358. The predicted octanol–water partition coefficient (Wildman–Crippen LogP) is 3.33. The maximum Gasteiger partial charge on any atom is 0.410 e. The molecule has 1 fully saturated rings. The number of piperazine rings is 1. The topological polar surface area (TPSA) is 32.8 Å². The van der Waals surface area contributed by atoms with Gasteiger partial charge in [0.05, 0.1) is 5.69 Å². The highest BCUT2D eigenvalue weighted by molar-refractivity contribution is 5.68. The quantitative estimate of drug-likeness (QED) is 0.797. The SMILES string of the molecule is Cc1cc(N2CCN(C(=O)OC(C)(C)C)CC2)c(F)cc1F. The van der Waals surface area contributed by atoms with Gasteiger partial charge < -0.3 is 14.5 Å². The molecule has 1 aromatic rings. The van der Waals surface area contributed by atoms with Crippen molar-refractivity contribution in [3.63, 3.8) is 0 Å². The third-order valence-corrected chi connectivity index (χ3v) is 3.50. The van der Waals surface area contributed by atoms with Crippen molar-refractivity contribution in [3.05, 3.63) is 29.3 Å². The summed E-state index contributed by atoms with van der Waals surface area (Å²) in [6.45, 7) is 8.93. The molecule has 0 aliphatic carbocycles. The minimum atomic E-state index is -0.575. The molecule has 1 aromatic carbocycles. The molecular formula is C16H22F2N2O2. The molecule has 0 aromatic heterocycles. The third kappa shape index (κ3) is 3.87. The summed E-state index contributed by atoms with van der Waals surface area (Å²) in [7, 11) is 0. The number of benzene rings is 1. The summed E-state index contributed by atoms with van der Waals surface area (Å²) in [4.78, 5) is 15.4. The van der Waals surface area contributed by atoms with E-state index in [-0.39, 0.29) is 6.09 Å². The monoisotopic (exact) mass is 312 g/mol. The van der Waals surface area contributed by atoms with Crippen molar-refractivity contribution in [2.75, 3.05) is 31.1 Å². The van der Waals surface area contributed by atoms with E-state index in [1.807, 2.05) is 25.7 Å². The molecule has 22 heavy (non-hydrogen) atoms. The Morgan fingerprint density at radius 1 is 1.09 bits per heavy atom. The van der Waals surface area contributed by atoms with Gasteiger partial charge in [0.15, 0.2) is 0 Å². The second-order valence-corrected chi connectivity index (χ2v) is 6.51. The fraction of sp³-hybridized carbons (Fsp3) is 0.562. The number of hydrogen-bond donors (Lipinski definition) is 0. The fourth-order valence-corrected chi connectivity index (χ4v) is 2.34. The van der Waals surface area contributed by atoms with Gasteiger partial charge in [-0.05, 0) is 39.3 Å². The van der Waals surface area contributed by atoms with Gasteiger partial charge >= 0.3 is 6.09 Å². The molecule has 0 atom stereocenters. The highest BCUT2D eigenvalue weighted by Crippen LogP contribution is 2.24. The molecule has 0 bridgehead atoms. The molecule has 0 spiro atoms. The van der Waals surface area contributed by atoms with Crippen LogP contribution in [-0.2, 0) is 4.74 Å². The number of anilines is 1. The van der Waals surface area contributed by atoms with Gasteiger partial charge in [0.1, 0.15) is 17.2 Å². The van der Waals surface area contributed by atoms with Crippen molar-refractivity contribution >= 4 is 11.8 Å². The summed E-state index contributed by atoms with van der Waals surface area (Å²) in [5.74, 6) is -1.12. The first-order chi connectivity index (χ1) is 10.2. The molecule has 1 heterocycles. The van der Waals surface area contributed by atoms with E-state index in [0.717, 1.165) is 6.07 Å². The van der Waals surface area contributed by atoms with E-state index in [2.05, 4.69) is 0 Å². The first-order valence-electron chi connectivity index (χ1n) is 7.36. The zero-order valence-electron chi connectivity index (χ0n) is 13.4. The van der Waals surface area contributed by atoms with Crippen LogP contribution in [0.25, 0.3) is 0 Å². The van der Waals surface area contributed by atoms with Gasteiger partial charge in [0.25, 0.3) is 0 Å². The third-order valence-electron chi connectivity index (χ3n) is 3.50. The zero-order chi connectivity index (χ0) is 16.5. The van der Waals surface area contributed by atoms with E-state index in [1.165, 1.54) is 6.07 Å². The number of hydrogen-bond acceptors (Lipinski definition) is 3. The lowest BCUT2D eigenvalue weighted by Gasteiger charge is -2.37. The van der Waals surface area contributed by atoms with E-state index in [0.29, 0.717) is 37.4 Å². The zero-order valence-corrected chi connectivity index (χ0v) is 13.4. The Bertz CT molecular complexity index is 562. The normalized spacial score (nSPS) is 15.9. The predicted molar refractivity (Wildman–Crippen MR) is 81.1 cm³/mol. The summed E-state index contributed by atoms with van der Waals surface area (Å²) >= 11 is 0. The van der Waals surface area contributed by atoms with Crippen LogP contribution in [0.1, 0.15) is 26.3 Å². The van der Waals surface area contributed by atoms with Gasteiger partial charge in [-0.15, -0.1) is 0 Å². The van der Waals surface area contributed by atoms with E-state index in [1.54, 1.807) is 11.8 Å². The first-order valence-corrected chi connectivity index (χ1v) is 7.36. The van der Waals surface area contributed by atoms with Crippen molar-refractivity contribution < 1.29 is 18.3 Å². The van der Waals surface area contributed by atoms with E-state index < -0.39 is 17.2 Å². The summed E-state index contributed by atoms with van der Waals surface area (Å²) in [5, 5.41) is 0. The average Bonchev–Trinajstić information content (AvgIpc) is 2.41. The highest BCUT2D eigenvalue weighted by Gasteiger charge is 2.27. The summed E-state index contributed by atoms with van der Waals surface area (Å²) in [6, 6.07) is 2.42. The Morgan fingerprint density at radius 2 is 1.68 bits per heavy atom. The molecule has 1 aliphatic rings. The summed E-state index contributed by atoms with van der Waals surface area (Å²) < 4.78 is 32.6. The van der Waals surface area contributed by atoms with Crippen LogP contribution in [0.3, 0.4) is 0 Å². The van der Waals surface area contributed by atoms with Gasteiger partial charge in [-0.25, -0.2) is 13.6 Å². The number of carbonyl (C=O) groups excluding carboxylic acids is 1. The first kappa shape index (κ1) is 16.5. The van der Waals surface area contributed by atoms with Crippen LogP contribution in [0.4, 0.5) is 19.3 Å². The molecule has 0 saturated carbocycles. The van der Waals surface area contributed by atoms with Gasteiger partial charge in [-0.2, -0.15) is 0 Å². The van der Waals surface area contributed by atoms with Gasteiger partial charge in [-0.3, -0.25) is 0 Å². The molecule has 1 amide bonds. The average molecular weight is 312 g/mol. The van der Waals surface area contributed by atoms with Gasteiger partial charge in [0.2, 0.25) is 0 Å². The van der Waals surface area contributed by atoms with E-state index >= 15 is 0 Å².